The summed E-state index contributed by atoms with van der Waals surface area (Å²) < 4.78 is 0. The molecule has 0 unspecified atom stereocenters. The Labute approximate surface area is 167 Å². The molecule has 1 aliphatic heterocycles. The summed E-state index contributed by atoms with van der Waals surface area (Å²) in [7, 11) is 2.25. The molecule has 1 aliphatic rings. The van der Waals surface area contributed by atoms with Crippen molar-refractivity contribution in [2.24, 2.45) is 0 Å². The number of aryl methyl sites for hydroxylation is 1. The SMILES string of the molecule is CN(Cc1ccc(C#CCO)s1)[C@@H]1CCCN(CCCc2ccccc2)C1. The Morgan fingerprint density at radius 1 is 1.22 bits per heavy atom. The van der Waals surface area contributed by atoms with Crippen molar-refractivity contribution < 1.29 is 5.11 Å². The topological polar surface area (TPSA) is 26.7 Å². The summed E-state index contributed by atoms with van der Waals surface area (Å²) in [4.78, 5) is 7.53. The standard InChI is InChI=1S/C23H30N2OS/c1-24(19-23-14-13-22(27-23)12-7-17-26)21-11-6-16-25(18-21)15-5-10-20-8-3-2-4-9-20/h2-4,8-9,13-14,21,26H,5-6,10-11,15-19H2,1H3/t21-/m1/s1. The number of hydrogen-bond acceptors (Lipinski definition) is 4. The Bertz CT molecular complexity index is 746. The molecule has 0 radical (unpaired) electrons. The summed E-state index contributed by atoms with van der Waals surface area (Å²) in [6.07, 6.45) is 4.98. The molecular weight excluding hydrogens is 352 g/mol. The van der Waals surface area contributed by atoms with Crippen LogP contribution in [0.15, 0.2) is 42.5 Å². The van der Waals surface area contributed by atoms with E-state index in [1.54, 1.807) is 11.3 Å². The van der Waals surface area contributed by atoms with Crippen LogP contribution in [-0.2, 0) is 13.0 Å². The molecule has 0 aliphatic carbocycles. The largest absolute Gasteiger partial charge is 0.384 e. The van der Waals surface area contributed by atoms with Gasteiger partial charge in [0.25, 0.3) is 0 Å². The first-order valence-electron chi connectivity index (χ1n) is 9.89. The van der Waals surface area contributed by atoms with Crippen molar-refractivity contribution in [3.63, 3.8) is 0 Å². The molecule has 1 aromatic heterocycles. The van der Waals surface area contributed by atoms with Crippen LogP contribution in [0.2, 0.25) is 0 Å². The van der Waals surface area contributed by atoms with Crippen LogP contribution < -0.4 is 0 Å². The summed E-state index contributed by atoms with van der Waals surface area (Å²) >= 11 is 1.74. The van der Waals surface area contributed by atoms with E-state index in [9.17, 15) is 0 Å². The zero-order valence-corrected chi connectivity index (χ0v) is 17.0. The van der Waals surface area contributed by atoms with E-state index in [-0.39, 0.29) is 6.61 Å². The molecule has 0 spiro atoms. The molecule has 4 heteroatoms. The van der Waals surface area contributed by atoms with Gasteiger partial charge < -0.3 is 10.0 Å². The number of nitrogens with zero attached hydrogens (tertiary/aromatic N) is 2. The van der Waals surface area contributed by atoms with Crippen molar-refractivity contribution >= 4 is 11.3 Å². The lowest BCUT2D eigenvalue weighted by Crippen LogP contribution is -2.46. The molecule has 1 saturated heterocycles. The summed E-state index contributed by atoms with van der Waals surface area (Å²) in [6.45, 7) is 4.51. The predicted molar refractivity (Wildman–Crippen MR) is 114 cm³/mol. The van der Waals surface area contributed by atoms with Crippen molar-refractivity contribution in [1.29, 1.82) is 0 Å². The van der Waals surface area contributed by atoms with Crippen LogP contribution in [0, 0.1) is 11.8 Å². The second kappa shape index (κ2) is 10.6. The van der Waals surface area contributed by atoms with Crippen LogP contribution in [0.5, 0.6) is 0 Å². The van der Waals surface area contributed by atoms with Gasteiger partial charge in [0.15, 0.2) is 0 Å². The van der Waals surface area contributed by atoms with Crippen molar-refractivity contribution in [2.45, 2.75) is 38.3 Å². The third-order valence-electron chi connectivity index (χ3n) is 5.24. The molecule has 0 saturated carbocycles. The fourth-order valence-corrected chi connectivity index (χ4v) is 4.72. The third kappa shape index (κ3) is 6.48. The van der Waals surface area contributed by atoms with Crippen molar-refractivity contribution in [2.75, 3.05) is 33.3 Å². The Morgan fingerprint density at radius 3 is 2.89 bits per heavy atom. The van der Waals surface area contributed by atoms with E-state index in [1.807, 2.05) is 0 Å². The fourth-order valence-electron chi connectivity index (χ4n) is 3.78. The van der Waals surface area contributed by atoms with Crippen LogP contribution in [0.25, 0.3) is 0 Å². The van der Waals surface area contributed by atoms with E-state index in [0.29, 0.717) is 6.04 Å². The predicted octanol–water partition coefficient (Wildman–Crippen LogP) is 3.62. The number of rotatable bonds is 7. The highest BCUT2D eigenvalue weighted by Crippen LogP contribution is 2.21. The Balaban J connectivity index is 1.44. The van der Waals surface area contributed by atoms with Gasteiger partial charge in [-0.05, 0) is 63.5 Å². The van der Waals surface area contributed by atoms with Crippen LogP contribution >= 0.6 is 11.3 Å². The summed E-state index contributed by atoms with van der Waals surface area (Å²) in [5.41, 5.74) is 1.45. The average Bonchev–Trinajstić information content (AvgIpc) is 3.14. The molecule has 3 nitrogen and oxygen atoms in total. The van der Waals surface area contributed by atoms with E-state index >= 15 is 0 Å². The monoisotopic (exact) mass is 382 g/mol. The zero-order valence-electron chi connectivity index (χ0n) is 16.2. The van der Waals surface area contributed by atoms with Gasteiger partial charge in [0.05, 0.1) is 4.88 Å². The normalized spacial score (nSPS) is 17.7. The molecule has 1 atom stereocenters. The minimum Gasteiger partial charge on any atom is -0.384 e. The maximum atomic E-state index is 8.82. The lowest BCUT2D eigenvalue weighted by Gasteiger charge is -2.37. The Morgan fingerprint density at radius 2 is 2.07 bits per heavy atom. The van der Waals surface area contributed by atoms with Crippen LogP contribution in [0.3, 0.4) is 0 Å². The van der Waals surface area contributed by atoms with Gasteiger partial charge in [-0.25, -0.2) is 0 Å². The molecule has 1 aromatic carbocycles. The number of aliphatic hydroxyl groups is 1. The lowest BCUT2D eigenvalue weighted by atomic mass is 10.0. The van der Waals surface area contributed by atoms with Gasteiger partial charge in [-0.15, -0.1) is 11.3 Å². The maximum Gasteiger partial charge on any atom is 0.104 e. The number of benzene rings is 1. The number of thiophene rings is 1. The third-order valence-corrected chi connectivity index (χ3v) is 6.23. The van der Waals surface area contributed by atoms with Crippen LogP contribution in [-0.4, -0.2) is 54.2 Å². The highest BCUT2D eigenvalue weighted by Gasteiger charge is 2.23. The molecule has 0 amide bonds. The van der Waals surface area contributed by atoms with Gasteiger partial charge in [-0.3, -0.25) is 4.90 Å². The number of aliphatic hydroxyl groups excluding tert-OH is 1. The Kier molecular flexibility index (Phi) is 7.92. The van der Waals surface area contributed by atoms with Gasteiger partial charge in [0.1, 0.15) is 6.61 Å². The van der Waals surface area contributed by atoms with E-state index in [4.69, 9.17) is 5.11 Å². The first-order valence-corrected chi connectivity index (χ1v) is 10.7. The second-order valence-electron chi connectivity index (χ2n) is 7.33. The quantitative estimate of drug-likeness (QED) is 0.741. The van der Waals surface area contributed by atoms with Gasteiger partial charge in [-0.1, -0.05) is 42.2 Å². The summed E-state index contributed by atoms with van der Waals surface area (Å²) in [5.74, 6) is 5.73. The summed E-state index contributed by atoms with van der Waals surface area (Å²) in [5, 5.41) is 8.82. The van der Waals surface area contributed by atoms with Gasteiger partial charge in [0, 0.05) is 24.0 Å². The minimum atomic E-state index is -0.0741. The second-order valence-corrected chi connectivity index (χ2v) is 8.50. The first kappa shape index (κ1) is 20.1. The fraction of sp³-hybridized carbons (Fsp3) is 0.478. The molecule has 2 aromatic rings. The van der Waals surface area contributed by atoms with E-state index in [1.165, 1.54) is 55.8 Å². The van der Waals surface area contributed by atoms with Gasteiger partial charge in [0.2, 0.25) is 0 Å². The molecule has 144 valence electrons. The molecule has 2 heterocycles. The number of likely N-dealkylation sites (tertiary alicyclic amines) is 1. The molecular formula is C23H30N2OS. The van der Waals surface area contributed by atoms with Crippen molar-refractivity contribution in [3.05, 3.63) is 57.8 Å². The minimum absolute atomic E-state index is 0.0741. The number of hydrogen-bond donors (Lipinski definition) is 1. The number of likely N-dealkylation sites (N-methyl/N-ethyl adjacent to an activating group) is 1. The number of piperidine rings is 1. The summed E-state index contributed by atoms with van der Waals surface area (Å²) in [6, 6.07) is 15.7. The Hall–Kier alpha value is -1.64. The van der Waals surface area contributed by atoms with E-state index in [0.717, 1.165) is 11.4 Å². The lowest BCUT2D eigenvalue weighted by molar-refractivity contribution is 0.112. The molecule has 0 bridgehead atoms. The van der Waals surface area contributed by atoms with Crippen LogP contribution in [0.4, 0.5) is 0 Å². The van der Waals surface area contributed by atoms with Crippen molar-refractivity contribution in [3.8, 4) is 11.8 Å². The van der Waals surface area contributed by atoms with E-state index < -0.39 is 0 Å². The highest BCUT2D eigenvalue weighted by molar-refractivity contribution is 7.12. The van der Waals surface area contributed by atoms with Crippen molar-refractivity contribution in [1.82, 2.24) is 9.80 Å². The smallest absolute Gasteiger partial charge is 0.104 e. The zero-order chi connectivity index (χ0) is 18.9. The first-order chi connectivity index (χ1) is 13.2. The molecule has 1 N–H and O–H groups in total. The van der Waals surface area contributed by atoms with Gasteiger partial charge in [-0.2, -0.15) is 0 Å². The van der Waals surface area contributed by atoms with E-state index in [2.05, 4.69) is 71.2 Å². The van der Waals surface area contributed by atoms with Crippen LogP contribution in [0.1, 0.15) is 34.6 Å². The average molecular weight is 383 g/mol. The maximum absolute atomic E-state index is 8.82. The highest BCUT2D eigenvalue weighted by atomic mass is 32.1. The van der Waals surface area contributed by atoms with Gasteiger partial charge >= 0.3 is 0 Å². The molecule has 1 fully saturated rings. The molecule has 27 heavy (non-hydrogen) atoms. The molecule has 3 rings (SSSR count).